The molecule has 1 heterocycles. The van der Waals surface area contributed by atoms with Crippen LogP contribution in [0.25, 0.3) is 5.76 Å². The van der Waals surface area contributed by atoms with Crippen molar-refractivity contribution < 1.29 is 4.74 Å². The van der Waals surface area contributed by atoms with Crippen LogP contribution < -0.4 is 4.74 Å². The Labute approximate surface area is 126 Å². The molecule has 0 bridgehead atoms. The zero-order valence-corrected chi connectivity index (χ0v) is 12.7. The SMILES string of the molecule is CN(C)CC/C=C1\Oc2ccccc2Cc2ccccc21. The van der Waals surface area contributed by atoms with E-state index in [1.807, 2.05) is 6.07 Å². The third-order valence-corrected chi connectivity index (χ3v) is 3.76. The van der Waals surface area contributed by atoms with Crippen molar-refractivity contribution >= 4 is 5.76 Å². The molecule has 108 valence electrons. The van der Waals surface area contributed by atoms with Gasteiger partial charge in [0.25, 0.3) is 0 Å². The van der Waals surface area contributed by atoms with E-state index in [-0.39, 0.29) is 0 Å². The molecule has 0 saturated carbocycles. The van der Waals surface area contributed by atoms with E-state index in [0.717, 1.165) is 30.9 Å². The zero-order valence-electron chi connectivity index (χ0n) is 12.7. The maximum Gasteiger partial charge on any atom is 0.131 e. The maximum atomic E-state index is 6.21. The molecular weight excluding hydrogens is 258 g/mol. The number of hydrogen-bond acceptors (Lipinski definition) is 2. The quantitative estimate of drug-likeness (QED) is 0.843. The Bertz CT molecular complexity index is 658. The van der Waals surface area contributed by atoms with E-state index in [1.165, 1.54) is 16.7 Å². The number of fused-ring (bicyclic) bond motifs is 2. The van der Waals surface area contributed by atoms with E-state index in [9.17, 15) is 0 Å². The number of para-hydroxylation sites is 1. The minimum absolute atomic E-state index is 0.928. The summed E-state index contributed by atoms with van der Waals surface area (Å²) in [4.78, 5) is 2.19. The highest BCUT2D eigenvalue weighted by atomic mass is 16.5. The lowest BCUT2D eigenvalue weighted by atomic mass is 9.99. The average molecular weight is 279 g/mol. The Hall–Kier alpha value is -2.06. The maximum absolute atomic E-state index is 6.21. The molecule has 0 spiro atoms. The molecule has 1 aliphatic heterocycles. The third kappa shape index (κ3) is 3.17. The van der Waals surface area contributed by atoms with Crippen LogP contribution in [0.1, 0.15) is 23.1 Å². The number of hydrogen-bond donors (Lipinski definition) is 0. The van der Waals surface area contributed by atoms with Gasteiger partial charge in [0, 0.05) is 18.5 Å². The van der Waals surface area contributed by atoms with Crippen LogP contribution in [0.5, 0.6) is 5.75 Å². The molecule has 2 heteroatoms. The summed E-state index contributed by atoms with van der Waals surface area (Å²) in [6.45, 7) is 1.02. The van der Waals surface area contributed by atoms with Crippen molar-refractivity contribution in [3.05, 3.63) is 71.3 Å². The molecule has 2 aromatic carbocycles. The first-order chi connectivity index (χ1) is 10.2. The molecule has 0 aromatic heterocycles. The van der Waals surface area contributed by atoms with Crippen LogP contribution in [0.15, 0.2) is 54.6 Å². The monoisotopic (exact) mass is 279 g/mol. The summed E-state index contributed by atoms with van der Waals surface area (Å²) in [5.74, 6) is 1.96. The Morgan fingerprint density at radius 1 is 1.00 bits per heavy atom. The van der Waals surface area contributed by atoms with Crippen LogP contribution in [0.3, 0.4) is 0 Å². The summed E-state index contributed by atoms with van der Waals surface area (Å²) in [5.41, 5.74) is 3.80. The van der Waals surface area contributed by atoms with E-state index in [2.05, 4.69) is 67.5 Å². The second-order valence-electron chi connectivity index (χ2n) is 5.70. The topological polar surface area (TPSA) is 12.5 Å². The number of rotatable bonds is 3. The van der Waals surface area contributed by atoms with E-state index >= 15 is 0 Å². The summed E-state index contributed by atoms with van der Waals surface area (Å²) in [7, 11) is 4.19. The highest BCUT2D eigenvalue weighted by Crippen LogP contribution is 2.33. The summed E-state index contributed by atoms with van der Waals surface area (Å²) in [5, 5.41) is 0. The second-order valence-corrected chi connectivity index (χ2v) is 5.70. The lowest BCUT2D eigenvalue weighted by Gasteiger charge is -2.12. The largest absolute Gasteiger partial charge is 0.457 e. The number of nitrogens with zero attached hydrogens (tertiary/aromatic N) is 1. The predicted molar refractivity (Wildman–Crippen MR) is 87.5 cm³/mol. The van der Waals surface area contributed by atoms with Crippen molar-refractivity contribution in [3.8, 4) is 5.75 Å². The van der Waals surface area contributed by atoms with Crippen LogP contribution >= 0.6 is 0 Å². The summed E-state index contributed by atoms with van der Waals surface area (Å²) < 4.78 is 6.21. The van der Waals surface area contributed by atoms with E-state index in [4.69, 9.17) is 4.74 Å². The van der Waals surface area contributed by atoms with Gasteiger partial charge in [-0.25, -0.2) is 0 Å². The van der Waals surface area contributed by atoms with Gasteiger partial charge in [0.1, 0.15) is 11.5 Å². The standard InChI is InChI=1S/C19H21NO/c1-20(2)13-7-12-19-17-10-5-3-8-15(17)14-16-9-4-6-11-18(16)21-19/h3-6,8-12H,7,13-14H2,1-2H3/b19-12-. The zero-order chi connectivity index (χ0) is 14.7. The molecule has 2 aromatic rings. The van der Waals surface area contributed by atoms with Crippen LogP contribution in [0, 0.1) is 0 Å². The van der Waals surface area contributed by atoms with E-state index < -0.39 is 0 Å². The van der Waals surface area contributed by atoms with Crippen LogP contribution in [0.4, 0.5) is 0 Å². The molecule has 21 heavy (non-hydrogen) atoms. The van der Waals surface area contributed by atoms with Crippen LogP contribution in [-0.4, -0.2) is 25.5 Å². The minimum atomic E-state index is 0.928. The Balaban J connectivity index is 1.99. The van der Waals surface area contributed by atoms with Crippen molar-refractivity contribution in [1.29, 1.82) is 0 Å². The van der Waals surface area contributed by atoms with Crippen molar-refractivity contribution in [2.45, 2.75) is 12.8 Å². The third-order valence-electron chi connectivity index (χ3n) is 3.76. The van der Waals surface area contributed by atoms with Gasteiger partial charge in [-0.2, -0.15) is 0 Å². The molecule has 0 atom stereocenters. The lowest BCUT2D eigenvalue weighted by molar-refractivity contribution is 0.415. The number of ether oxygens (including phenoxy) is 1. The molecule has 0 aliphatic carbocycles. The molecule has 1 aliphatic rings. The molecule has 0 unspecified atom stereocenters. The van der Waals surface area contributed by atoms with E-state index in [0.29, 0.717) is 0 Å². The number of benzene rings is 2. The fraction of sp³-hybridized carbons (Fsp3) is 0.263. The van der Waals surface area contributed by atoms with Crippen molar-refractivity contribution in [2.75, 3.05) is 20.6 Å². The highest BCUT2D eigenvalue weighted by molar-refractivity contribution is 5.68. The first-order valence-electron chi connectivity index (χ1n) is 7.43. The highest BCUT2D eigenvalue weighted by Gasteiger charge is 2.17. The van der Waals surface area contributed by atoms with Gasteiger partial charge in [0.2, 0.25) is 0 Å². The minimum Gasteiger partial charge on any atom is -0.457 e. The predicted octanol–water partition coefficient (Wildman–Crippen LogP) is 3.96. The van der Waals surface area contributed by atoms with Gasteiger partial charge in [-0.15, -0.1) is 0 Å². The van der Waals surface area contributed by atoms with Crippen molar-refractivity contribution in [2.24, 2.45) is 0 Å². The van der Waals surface area contributed by atoms with Gasteiger partial charge in [-0.3, -0.25) is 0 Å². The normalized spacial score (nSPS) is 15.3. The van der Waals surface area contributed by atoms with Crippen molar-refractivity contribution in [3.63, 3.8) is 0 Å². The summed E-state index contributed by atoms with van der Waals surface area (Å²) in [6.07, 6.45) is 4.12. The van der Waals surface area contributed by atoms with Gasteiger partial charge in [-0.1, -0.05) is 42.5 Å². The average Bonchev–Trinajstić information content (AvgIpc) is 2.63. The van der Waals surface area contributed by atoms with Crippen molar-refractivity contribution in [1.82, 2.24) is 4.90 Å². The van der Waals surface area contributed by atoms with Gasteiger partial charge in [-0.05, 0) is 43.8 Å². The first-order valence-corrected chi connectivity index (χ1v) is 7.43. The van der Waals surface area contributed by atoms with Crippen LogP contribution in [0.2, 0.25) is 0 Å². The second kappa shape index (κ2) is 6.15. The Morgan fingerprint density at radius 2 is 1.71 bits per heavy atom. The lowest BCUT2D eigenvalue weighted by Crippen LogP contribution is -2.12. The fourth-order valence-corrected chi connectivity index (χ4v) is 2.65. The van der Waals surface area contributed by atoms with E-state index in [1.54, 1.807) is 0 Å². The molecule has 0 N–H and O–H groups in total. The molecular formula is C19H21NO. The van der Waals surface area contributed by atoms with Gasteiger partial charge >= 0.3 is 0 Å². The smallest absolute Gasteiger partial charge is 0.131 e. The summed E-state index contributed by atoms with van der Waals surface area (Å²) >= 11 is 0. The molecule has 2 nitrogen and oxygen atoms in total. The molecule has 3 rings (SSSR count). The molecule has 0 amide bonds. The molecule has 0 fully saturated rings. The Morgan fingerprint density at radius 3 is 2.52 bits per heavy atom. The Kier molecular flexibility index (Phi) is 4.07. The fourth-order valence-electron chi connectivity index (χ4n) is 2.65. The van der Waals surface area contributed by atoms with Gasteiger partial charge < -0.3 is 9.64 Å². The van der Waals surface area contributed by atoms with Gasteiger partial charge in [0.15, 0.2) is 0 Å². The molecule has 0 radical (unpaired) electrons. The van der Waals surface area contributed by atoms with Gasteiger partial charge in [0.05, 0.1) is 0 Å². The van der Waals surface area contributed by atoms with Crippen LogP contribution in [-0.2, 0) is 6.42 Å². The molecule has 0 saturated heterocycles. The summed E-state index contributed by atoms with van der Waals surface area (Å²) in [6, 6.07) is 16.8. The first kappa shape index (κ1) is 13.9.